The molecule has 5 aromatic rings. The van der Waals surface area contributed by atoms with Gasteiger partial charge in [-0.15, -0.1) is 23.7 Å². The summed E-state index contributed by atoms with van der Waals surface area (Å²) in [6.07, 6.45) is 1.60. The first-order valence-corrected chi connectivity index (χ1v) is 11.0. The number of fused-ring (bicyclic) bond motifs is 1. The molecule has 0 aliphatic rings. The lowest BCUT2D eigenvalue weighted by Gasteiger charge is -2.10. The summed E-state index contributed by atoms with van der Waals surface area (Å²) in [5.41, 5.74) is 4.29. The highest BCUT2D eigenvalue weighted by molar-refractivity contribution is 7.17. The zero-order chi connectivity index (χ0) is 21.0. The highest BCUT2D eigenvalue weighted by Crippen LogP contribution is 2.37. The Bertz CT molecular complexity index is 1310. The minimum atomic E-state index is 0. The van der Waals surface area contributed by atoms with Gasteiger partial charge in [0.2, 0.25) is 0 Å². The average Bonchev–Trinajstić information content (AvgIpc) is 3.26. The van der Waals surface area contributed by atoms with E-state index < -0.39 is 0 Å². The number of thiophene rings is 1. The van der Waals surface area contributed by atoms with E-state index in [-0.39, 0.29) is 12.4 Å². The van der Waals surface area contributed by atoms with Gasteiger partial charge in [-0.25, -0.2) is 9.97 Å². The second kappa shape index (κ2) is 10.0. The lowest BCUT2D eigenvalue weighted by Crippen LogP contribution is -1.97. The van der Waals surface area contributed by atoms with E-state index in [4.69, 9.17) is 16.3 Å². The lowest BCUT2D eigenvalue weighted by molar-refractivity contribution is 0.306. The molecule has 0 amide bonds. The fourth-order valence-corrected chi connectivity index (χ4v) is 4.36. The second-order valence-electron chi connectivity index (χ2n) is 6.98. The van der Waals surface area contributed by atoms with Gasteiger partial charge in [-0.2, -0.15) is 0 Å². The summed E-state index contributed by atoms with van der Waals surface area (Å²) in [6, 6.07) is 25.8. The maximum atomic E-state index is 5.93. The van der Waals surface area contributed by atoms with E-state index >= 15 is 0 Å². The van der Waals surface area contributed by atoms with E-state index in [1.807, 2.05) is 66.7 Å². The van der Waals surface area contributed by atoms with Crippen molar-refractivity contribution in [3.05, 3.63) is 101 Å². The Balaban J connectivity index is 0.00000245. The van der Waals surface area contributed by atoms with Gasteiger partial charge in [-0.3, -0.25) is 0 Å². The molecule has 0 fully saturated rings. The van der Waals surface area contributed by atoms with E-state index in [9.17, 15) is 0 Å². The molecular formula is C25H19Cl2N3OS. The molecule has 0 aliphatic carbocycles. The third-order valence-corrected chi connectivity index (χ3v) is 6.03. The molecule has 0 saturated carbocycles. The van der Waals surface area contributed by atoms with Crippen molar-refractivity contribution >= 4 is 57.1 Å². The van der Waals surface area contributed by atoms with Crippen molar-refractivity contribution in [3.8, 4) is 16.9 Å². The molecule has 32 heavy (non-hydrogen) atoms. The molecule has 0 atom stereocenters. The van der Waals surface area contributed by atoms with Crippen LogP contribution in [0.25, 0.3) is 21.3 Å². The van der Waals surface area contributed by atoms with Crippen LogP contribution in [0.15, 0.2) is 90.6 Å². The van der Waals surface area contributed by atoms with Gasteiger partial charge >= 0.3 is 0 Å². The molecule has 3 aromatic carbocycles. The Morgan fingerprint density at radius 2 is 1.62 bits per heavy atom. The Morgan fingerprint density at radius 1 is 0.875 bits per heavy atom. The predicted octanol–water partition coefficient (Wildman–Crippen LogP) is 7.76. The summed E-state index contributed by atoms with van der Waals surface area (Å²) in [5, 5.41) is 7.32. The number of halogens is 2. The van der Waals surface area contributed by atoms with Gasteiger partial charge in [0.05, 0.1) is 5.39 Å². The quantitative estimate of drug-likeness (QED) is 0.270. The van der Waals surface area contributed by atoms with Gasteiger partial charge in [-0.1, -0.05) is 54.1 Å². The number of anilines is 2. The third-order valence-electron chi connectivity index (χ3n) is 4.89. The van der Waals surface area contributed by atoms with Crippen LogP contribution in [0.4, 0.5) is 11.5 Å². The van der Waals surface area contributed by atoms with Gasteiger partial charge < -0.3 is 10.1 Å². The number of aromatic nitrogens is 2. The fourth-order valence-electron chi connectivity index (χ4n) is 3.32. The molecule has 1 N–H and O–H groups in total. The normalized spacial score (nSPS) is 10.5. The molecule has 2 aromatic heterocycles. The Kier molecular flexibility index (Phi) is 6.90. The van der Waals surface area contributed by atoms with Crippen molar-refractivity contribution in [2.45, 2.75) is 6.61 Å². The molecule has 160 valence electrons. The van der Waals surface area contributed by atoms with Crippen LogP contribution in [0.3, 0.4) is 0 Å². The smallest absolute Gasteiger partial charge is 0.143 e. The summed E-state index contributed by atoms with van der Waals surface area (Å²) < 4.78 is 5.88. The first-order valence-electron chi connectivity index (χ1n) is 9.78. The van der Waals surface area contributed by atoms with Crippen LogP contribution in [-0.2, 0) is 6.61 Å². The molecule has 7 heteroatoms. The predicted molar refractivity (Wildman–Crippen MR) is 136 cm³/mol. The first kappa shape index (κ1) is 22.1. The Hall–Kier alpha value is -3.12. The summed E-state index contributed by atoms with van der Waals surface area (Å²) in [6.45, 7) is 0.492. The van der Waals surface area contributed by atoms with Gasteiger partial charge in [0.15, 0.2) is 0 Å². The van der Waals surface area contributed by atoms with Gasteiger partial charge in [0.1, 0.15) is 29.3 Å². The van der Waals surface area contributed by atoms with Crippen molar-refractivity contribution in [1.82, 2.24) is 9.97 Å². The standard InChI is InChI=1S/C25H18ClN3OS.ClH/c26-19-8-6-17(7-9-19)14-30-21-12-10-20(11-13-21)29-24-23-22(18-4-2-1-3-5-18)15-31-25(23)28-16-27-24;/h1-13,15-16H,14H2,(H,27,28,29);1H. The molecule has 4 nitrogen and oxygen atoms in total. The van der Waals surface area contributed by atoms with E-state index in [2.05, 4.69) is 32.8 Å². The number of nitrogens with zero attached hydrogens (tertiary/aromatic N) is 2. The van der Waals surface area contributed by atoms with E-state index in [0.29, 0.717) is 6.61 Å². The third kappa shape index (κ3) is 4.86. The molecule has 5 rings (SSSR count). The second-order valence-corrected chi connectivity index (χ2v) is 8.28. The van der Waals surface area contributed by atoms with Crippen LogP contribution >= 0.6 is 35.3 Å². The molecule has 2 heterocycles. The monoisotopic (exact) mass is 479 g/mol. The molecular weight excluding hydrogens is 461 g/mol. The fraction of sp³-hybridized carbons (Fsp3) is 0.0400. The maximum Gasteiger partial charge on any atom is 0.143 e. The van der Waals surface area contributed by atoms with Gasteiger partial charge in [-0.05, 0) is 47.5 Å². The Labute approximate surface area is 201 Å². The molecule has 0 bridgehead atoms. The number of nitrogens with one attached hydrogen (secondary N) is 1. The Morgan fingerprint density at radius 3 is 2.38 bits per heavy atom. The first-order chi connectivity index (χ1) is 15.3. The maximum absolute atomic E-state index is 5.93. The van der Waals surface area contributed by atoms with Crippen molar-refractivity contribution in [1.29, 1.82) is 0 Å². The molecule has 0 radical (unpaired) electrons. The molecule has 0 saturated heterocycles. The van der Waals surface area contributed by atoms with E-state index in [0.717, 1.165) is 49.2 Å². The highest BCUT2D eigenvalue weighted by atomic mass is 35.5. The van der Waals surface area contributed by atoms with Crippen molar-refractivity contribution in [2.75, 3.05) is 5.32 Å². The minimum Gasteiger partial charge on any atom is -0.489 e. The van der Waals surface area contributed by atoms with E-state index in [1.165, 1.54) is 0 Å². The van der Waals surface area contributed by atoms with Crippen LogP contribution in [-0.4, -0.2) is 9.97 Å². The van der Waals surface area contributed by atoms with Crippen molar-refractivity contribution < 1.29 is 4.74 Å². The van der Waals surface area contributed by atoms with Crippen LogP contribution in [0, 0.1) is 0 Å². The minimum absolute atomic E-state index is 0. The van der Waals surface area contributed by atoms with Crippen LogP contribution in [0.2, 0.25) is 5.02 Å². The lowest BCUT2D eigenvalue weighted by atomic mass is 10.1. The number of benzene rings is 3. The number of rotatable bonds is 6. The number of hydrogen-bond donors (Lipinski definition) is 1. The largest absolute Gasteiger partial charge is 0.489 e. The summed E-state index contributed by atoms with van der Waals surface area (Å²) >= 11 is 7.55. The van der Waals surface area contributed by atoms with Gasteiger partial charge in [0.25, 0.3) is 0 Å². The van der Waals surface area contributed by atoms with Crippen molar-refractivity contribution in [3.63, 3.8) is 0 Å². The van der Waals surface area contributed by atoms with Crippen LogP contribution < -0.4 is 10.1 Å². The zero-order valence-corrected chi connectivity index (χ0v) is 19.3. The summed E-state index contributed by atoms with van der Waals surface area (Å²) in [5.74, 6) is 1.59. The molecule has 0 unspecified atom stereocenters. The van der Waals surface area contributed by atoms with E-state index in [1.54, 1.807) is 17.7 Å². The molecule has 0 spiro atoms. The van der Waals surface area contributed by atoms with Crippen LogP contribution in [0.5, 0.6) is 5.75 Å². The number of hydrogen-bond acceptors (Lipinski definition) is 5. The topological polar surface area (TPSA) is 47.0 Å². The molecule has 0 aliphatic heterocycles. The summed E-state index contributed by atoms with van der Waals surface area (Å²) in [7, 11) is 0. The SMILES string of the molecule is Cl.Clc1ccc(COc2ccc(Nc3ncnc4scc(-c5ccccc5)c34)cc2)cc1. The van der Waals surface area contributed by atoms with Gasteiger partial charge in [0, 0.05) is 21.7 Å². The average molecular weight is 480 g/mol. The van der Waals surface area contributed by atoms with Crippen molar-refractivity contribution in [2.24, 2.45) is 0 Å². The highest BCUT2D eigenvalue weighted by Gasteiger charge is 2.13. The number of ether oxygens (including phenoxy) is 1. The van der Waals surface area contributed by atoms with Crippen LogP contribution in [0.1, 0.15) is 5.56 Å². The zero-order valence-electron chi connectivity index (χ0n) is 16.9. The summed E-state index contributed by atoms with van der Waals surface area (Å²) in [4.78, 5) is 9.91.